The molecule has 0 aromatic carbocycles. The summed E-state index contributed by atoms with van der Waals surface area (Å²) in [5.74, 6) is -0.451. The third-order valence-corrected chi connectivity index (χ3v) is 3.36. The van der Waals surface area contributed by atoms with Crippen molar-refractivity contribution in [1.29, 1.82) is 0 Å². The van der Waals surface area contributed by atoms with E-state index in [1.807, 2.05) is 0 Å². The largest absolute Gasteiger partial charge is 0.380 e. The lowest BCUT2D eigenvalue weighted by molar-refractivity contribution is 0.584. The molecular weight excluding hydrogens is 223 g/mol. The van der Waals surface area contributed by atoms with Gasteiger partial charge in [-0.05, 0) is 37.6 Å². The Bertz CT molecular complexity index is 476. The van der Waals surface area contributed by atoms with Crippen LogP contribution < -0.4 is 5.32 Å². The van der Waals surface area contributed by atoms with Crippen molar-refractivity contribution in [2.75, 3.05) is 5.32 Å². The molecule has 2 heterocycles. The molecule has 0 radical (unpaired) electrons. The van der Waals surface area contributed by atoms with E-state index in [1.54, 1.807) is 17.4 Å². The highest BCUT2D eigenvalue weighted by atomic mass is 32.1. The molecule has 0 spiro atoms. The fourth-order valence-electron chi connectivity index (χ4n) is 1.54. The van der Waals surface area contributed by atoms with E-state index in [2.05, 4.69) is 30.2 Å². The molecule has 84 valence electrons. The first-order valence-corrected chi connectivity index (χ1v) is 5.88. The number of anilines is 1. The Labute approximate surface area is 98.2 Å². The zero-order chi connectivity index (χ0) is 11.5. The Hall–Kier alpha value is -1.42. The van der Waals surface area contributed by atoms with E-state index in [9.17, 15) is 4.39 Å². The van der Waals surface area contributed by atoms with E-state index in [-0.39, 0.29) is 0 Å². The molecule has 2 nitrogen and oxygen atoms in total. The first-order valence-electron chi connectivity index (χ1n) is 5.06. The van der Waals surface area contributed by atoms with E-state index in [1.165, 1.54) is 27.6 Å². The van der Waals surface area contributed by atoms with Gasteiger partial charge in [-0.3, -0.25) is 0 Å². The molecule has 0 unspecified atom stereocenters. The number of aryl methyl sites for hydroxylation is 2. The summed E-state index contributed by atoms with van der Waals surface area (Å²) in [5, 5.41) is 3.22. The summed E-state index contributed by atoms with van der Waals surface area (Å²) in [7, 11) is 0. The topological polar surface area (TPSA) is 24.9 Å². The molecule has 2 aromatic heterocycles. The van der Waals surface area contributed by atoms with Gasteiger partial charge in [-0.15, -0.1) is 11.3 Å². The van der Waals surface area contributed by atoms with Crippen molar-refractivity contribution in [3.63, 3.8) is 0 Å². The zero-order valence-electron chi connectivity index (χ0n) is 9.25. The lowest BCUT2D eigenvalue weighted by Gasteiger charge is -2.04. The minimum atomic E-state index is -0.451. The van der Waals surface area contributed by atoms with Crippen LogP contribution in [-0.4, -0.2) is 4.98 Å². The van der Waals surface area contributed by atoms with Crippen LogP contribution in [0, 0.1) is 19.8 Å². The van der Waals surface area contributed by atoms with Crippen LogP contribution in [0.3, 0.4) is 0 Å². The third kappa shape index (κ3) is 2.58. The number of thiophene rings is 1. The molecule has 0 fully saturated rings. The number of hydrogen-bond acceptors (Lipinski definition) is 3. The molecule has 1 N–H and O–H groups in total. The van der Waals surface area contributed by atoms with Crippen molar-refractivity contribution in [3.05, 3.63) is 45.7 Å². The van der Waals surface area contributed by atoms with Crippen LogP contribution in [0.4, 0.5) is 10.1 Å². The van der Waals surface area contributed by atoms with E-state index in [0.29, 0.717) is 0 Å². The van der Waals surface area contributed by atoms with Crippen LogP contribution in [0.15, 0.2) is 24.4 Å². The quantitative estimate of drug-likeness (QED) is 0.825. The van der Waals surface area contributed by atoms with Gasteiger partial charge in [0.2, 0.25) is 5.95 Å². The average Bonchev–Trinajstić information content (AvgIpc) is 2.57. The first kappa shape index (κ1) is 11.1. The fourth-order valence-corrected chi connectivity index (χ4v) is 2.48. The number of hydrogen-bond donors (Lipinski definition) is 1. The Morgan fingerprint density at radius 1 is 1.38 bits per heavy atom. The highest BCUT2D eigenvalue weighted by Gasteiger charge is 2.02. The van der Waals surface area contributed by atoms with E-state index < -0.39 is 5.95 Å². The highest BCUT2D eigenvalue weighted by Crippen LogP contribution is 2.21. The summed E-state index contributed by atoms with van der Waals surface area (Å²) in [4.78, 5) is 6.22. The van der Waals surface area contributed by atoms with Crippen LogP contribution in [-0.2, 0) is 6.54 Å². The van der Waals surface area contributed by atoms with Gasteiger partial charge in [0, 0.05) is 16.3 Å². The molecule has 0 saturated heterocycles. The Morgan fingerprint density at radius 2 is 2.19 bits per heavy atom. The molecular formula is C12H13FN2S. The molecule has 0 atom stereocenters. The van der Waals surface area contributed by atoms with Gasteiger partial charge in [-0.2, -0.15) is 4.39 Å². The fraction of sp³-hybridized carbons (Fsp3) is 0.250. The zero-order valence-corrected chi connectivity index (χ0v) is 10.1. The minimum absolute atomic E-state index is 0.451. The monoisotopic (exact) mass is 236 g/mol. The van der Waals surface area contributed by atoms with Crippen LogP contribution in [0.2, 0.25) is 0 Å². The maximum absolute atomic E-state index is 12.6. The van der Waals surface area contributed by atoms with Crippen molar-refractivity contribution in [2.24, 2.45) is 0 Å². The van der Waals surface area contributed by atoms with Crippen molar-refractivity contribution < 1.29 is 4.39 Å². The van der Waals surface area contributed by atoms with E-state index in [0.717, 1.165) is 12.2 Å². The molecule has 0 aliphatic carbocycles. The predicted molar refractivity (Wildman–Crippen MR) is 65.3 cm³/mol. The molecule has 0 saturated carbocycles. The lowest BCUT2D eigenvalue weighted by atomic mass is 10.2. The second kappa shape index (κ2) is 4.61. The molecule has 2 aromatic rings. The summed E-state index contributed by atoms with van der Waals surface area (Å²) in [6.07, 6.45) is 1.50. The average molecular weight is 236 g/mol. The number of rotatable bonds is 3. The van der Waals surface area contributed by atoms with Crippen LogP contribution >= 0.6 is 11.3 Å². The van der Waals surface area contributed by atoms with Crippen molar-refractivity contribution in [2.45, 2.75) is 20.4 Å². The SMILES string of the molecule is Cc1cc(CNc2ccc(F)nc2)c(C)s1. The second-order valence-corrected chi connectivity index (χ2v) is 5.12. The standard InChI is InChI=1S/C12H13FN2S/c1-8-5-10(9(2)16-8)6-14-11-3-4-12(13)15-7-11/h3-5,7,14H,6H2,1-2H3. The maximum Gasteiger partial charge on any atom is 0.212 e. The van der Waals surface area contributed by atoms with Gasteiger partial charge in [-0.1, -0.05) is 0 Å². The lowest BCUT2D eigenvalue weighted by Crippen LogP contribution is -2.00. The molecule has 16 heavy (non-hydrogen) atoms. The van der Waals surface area contributed by atoms with Crippen LogP contribution in [0.5, 0.6) is 0 Å². The number of pyridine rings is 1. The van der Waals surface area contributed by atoms with Crippen molar-refractivity contribution >= 4 is 17.0 Å². The third-order valence-electron chi connectivity index (χ3n) is 2.35. The number of nitrogens with zero attached hydrogens (tertiary/aromatic N) is 1. The summed E-state index contributed by atoms with van der Waals surface area (Å²) < 4.78 is 12.6. The number of nitrogens with one attached hydrogen (secondary N) is 1. The highest BCUT2D eigenvalue weighted by molar-refractivity contribution is 7.12. The van der Waals surface area contributed by atoms with Gasteiger partial charge < -0.3 is 5.32 Å². The molecule has 0 aliphatic heterocycles. The minimum Gasteiger partial charge on any atom is -0.380 e. The smallest absolute Gasteiger partial charge is 0.212 e. The normalized spacial score (nSPS) is 10.4. The van der Waals surface area contributed by atoms with Gasteiger partial charge in [0.05, 0.1) is 11.9 Å². The Morgan fingerprint density at radius 3 is 2.75 bits per heavy atom. The first-order chi connectivity index (χ1) is 7.65. The van der Waals surface area contributed by atoms with Crippen molar-refractivity contribution in [1.82, 2.24) is 4.98 Å². The maximum atomic E-state index is 12.6. The number of aromatic nitrogens is 1. The summed E-state index contributed by atoms with van der Waals surface area (Å²) in [6, 6.07) is 5.22. The molecule has 0 amide bonds. The van der Waals surface area contributed by atoms with Crippen LogP contribution in [0.1, 0.15) is 15.3 Å². The Balaban J connectivity index is 2.02. The summed E-state index contributed by atoms with van der Waals surface area (Å²) in [5.41, 5.74) is 2.12. The number of halogens is 1. The second-order valence-electron chi connectivity index (χ2n) is 3.66. The molecule has 0 bridgehead atoms. The summed E-state index contributed by atoms with van der Waals surface area (Å²) in [6.45, 7) is 4.96. The van der Waals surface area contributed by atoms with Gasteiger partial charge in [0.1, 0.15) is 0 Å². The van der Waals surface area contributed by atoms with Gasteiger partial charge in [-0.25, -0.2) is 4.98 Å². The molecule has 2 rings (SSSR count). The van der Waals surface area contributed by atoms with Gasteiger partial charge in [0.15, 0.2) is 0 Å². The predicted octanol–water partition coefficient (Wildman–Crippen LogP) is 3.51. The van der Waals surface area contributed by atoms with Gasteiger partial charge in [0.25, 0.3) is 0 Å². The molecule has 4 heteroatoms. The van der Waals surface area contributed by atoms with E-state index >= 15 is 0 Å². The van der Waals surface area contributed by atoms with Crippen LogP contribution in [0.25, 0.3) is 0 Å². The Kier molecular flexibility index (Phi) is 3.19. The van der Waals surface area contributed by atoms with Crippen molar-refractivity contribution in [3.8, 4) is 0 Å². The molecule has 0 aliphatic rings. The summed E-state index contributed by atoms with van der Waals surface area (Å²) >= 11 is 1.79. The van der Waals surface area contributed by atoms with E-state index in [4.69, 9.17) is 0 Å². The van der Waals surface area contributed by atoms with Gasteiger partial charge >= 0.3 is 0 Å².